The molecule has 0 heterocycles. The van der Waals surface area contributed by atoms with Crippen molar-refractivity contribution in [3.8, 4) is 0 Å². The van der Waals surface area contributed by atoms with Gasteiger partial charge < -0.3 is 4.90 Å². The van der Waals surface area contributed by atoms with Crippen molar-refractivity contribution in [2.45, 2.75) is 26.7 Å². The van der Waals surface area contributed by atoms with Crippen molar-refractivity contribution in [3.05, 3.63) is 41.5 Å². The third kappa shape index (κ3) is 3.26. The van der Waals surface area contributed by atoms with Crippen molar-refractivity contribution in [3.63, 3.8) is 0 Å². The van der Waals surface area contributed by atoms with E-state index < -0.39 is 17.8 Å². The number of Topliss-reactive ketones (excluding diaryl/α,β-unsaturated/α-hetero) is 2. The van der Waals surface area contributed by atoms with Crippen LogP contribution in [0.5, 0.6) is 0 Å². The van der Waals surface area contributed by atoms with Crippen molar-refractivity contribution in [2.75, 3.05) is 19.0 Å². The molecule has 4 nitrogen and oxygen atoms in total. The standard InChI is InChI=1S/C19H23NO3/c1-11-10-16(23)18(13(3)22)19(17(11)12(2)21)14-6-8-15(9-7-14)20(4)5/h6-10,17-19H,1-5H3. The van der Waals surface area contributed by atoms with Crippen LogP contribution in [0.4, 0.5) is 5.69 Å². The largest absolute Gasteiger partial charge is 0.378 e. The molecule has 3 unspecified atom stereocenters. The number of carbonyl (C=O) groups excluding carboxylic acids is 3. The topological polar surface area (TPSA) is 54.5 Å². The number of nitrogens with zero attached hydrogens (tertiary/aromatic N) is 1. The highest BCUT2D eigenvalue weighted by molar-refractivity contribution is 6.10. The van der Waals surface area contributed by atoms with Crippen LogP contribution in [0.3, 0.4) is 0 Å². The lowest BCUT2D eigenvalue weighted by Crippen LogP contribution is -2.39. The fourth-order valence-electron chi connectivity index (χ4n) is 3.46. The van der Waals surface area contributed by atoms with Gasteiger partial charge in [-0.15, -0.1) is 0 Å². The normalized spacial score (nSPS) is 24.1. The Morgan fingerprint density at radius 1 is 0.957 bits per heavy atom. The molecule has 0 radical (unpaired) electrons. The zero-order chi connectivity index (χ0) is 17.3. The Kier molecular flexibility index (Phi) is 4.83. The first-order valence-electron chi connectivity index (χ1n) is 7.74. The van der Waals surface area contributed by atoms with E-state index in [1.54, 1.807) is 6.92 Å². The maximum Gasteiger partial charge on any atom is 0.166 e. The smallest absolute Gasteiger partial charge is 0.166 e. The van der Waals surface area contributed by atoms with Gasteiger partial charge in [-0.2, -0.15) is 0 Å². The second-order valence-electron chi connectivity index (χ2n) is 6.48. The van der Waals surface area contributed by atoms with E-state index in [0.717, 1.165) is 16.8 Å². The average Bonchev–Trinajstić information content (AvgIpc) is 2.45. The van der Waals surface area contributed by atoms with Gasteiger partial charge in [-0.1, -0.05) is 17.7 Å². The van der Waals surface area contributed by atoms with Gasteiger partial charge in [0.25, 0.3) is 0 Å². The van der Waals surface area contributed by atoms with Crippen LogP contribution in [-0.4, -0.2) is 31.4 Å². The number of ketones is 3. The van der Waals surface area contributed by atoms with Crippen LogP contribution in [-0.2, 0) is 14.4 Å². The Balaban J connectivity index is 2.56. The number of hydrogen-bond acceptors (Lipinski definition) is 4. The predicted octanol–water partition coefficient (Wildman–Crippen LogP) is 2.78. The molecule has 1 aliphatic carbocycles. The predicted molar refractivity (Wildman–Crippen MR) is 90.6 cm³/mol. The quantitative estimate of drug-likeness (QED) is 0.802. The third-order valence-electron chi connectivity index (χ3n) is 4.56. The molecule has 0 amide bonds. The summed E-state index contributed by atoms with van der Waals surface area (Å²) in [4.78, 5) is 38.6. The van der Waals surface area contributed by atoms with Crippen LogP contribution in [0.2, 0.25) is 0 Å². The number of rotatable bonds is 4. The second kappa shape index (κ2) is 6.49. The molecule has 4 heteroatoms. The van der Waals surface area contributed by atoms with Crippen molar-refractivity contribution in [1.29, 1.82) is 0 Å². The first-order chi connectivity index (χ1) is 10.7. The van der Waals surface area contributed by atoms with Gasteiger partial charge in [0.2, 0.25) is 0 Å². The van der Waals surface area contributed by atoms with Gasteiger partial charge in [-0.3, -0.25) is 14.4 Å². The van der Waals surface area contributed by atoms with Crippen LogP contribution in [0.15, 0.2) is 35.9 Å². The monoisotopic (exact) mass is 313 g/mol. The van der Waals surface area contributed by atoms with Crippen LogP contribution in [0.25, 0.3) is 0 Å². The zero-order valence-electron chi connectivity index (χ0n) is 14.3. The van der Waals surface area contributed by atoms with Crippen LogP contribution < -0.4 is 4.90 Å². The molecule has 0 aliphatic heterocycles. The van der Waals surface area contributed by atoms with Gasteiger partial charge in [-0.25, -0.2) is 0 Å². The van der Waals surface area contributed by atoms with Crippen molar-refractivity contribution >= 4 is 23.0 Å². The second-order valence-corrected chi connectivity index (χ2v) is 6.48. The summed E-state index contributed by atoms with van der Waals surface area (Å²) in [5.41, 5.74) is 2.63. The van der Waals surface area contributed by atoms with Crippen LogP contribution in [0, 0.1) is 11.8 Å². The summed E-state index contributed by atoms with van der Waals surface area (Å²) < 4.78 is 0. The highest BCUT2D eigenvalue weighted by Gasteiger charge is 2.43. The van der Waals surface area contributed by atoms with Gasteiger partial charge in [0, 0.05) is 31.6 Å². The third-order valence-corrected chi connectivity index (χ3v) is 4.56. The van der Waals surface area contributed by atoms with Gasteiger partial charge in [0.15, 0.2) is 5.78 Å². The Morgan fingerprint density at radius 2 is 1.48 bits per heavy atom. The summed E-state index contributed by atoms with van der Waals surface area (Å²) in [5, 5.41) is 0. The number of carbonyl (C=O) groups is 3. The summed E-state index contributed by atoms with van der Waals surface area (Å²) in [5.74, 6) is -2.02. The first kappa shape index (κ1) is 17.1. The molecule has 0 spiro atoms. The molecule has 122 valence electrons. The summed E-state index contributed by atoms with van der Waals surface area (Å²) in [7, 11) is 3.89. The molecule has 23 heavy (non-hydrogen) atoms. The minimum atomic E-state index is -0.780. The van der Waals surface area contributed by atoms with Crippen molar-refractivity contribution in [2.24, 2.45) is 11.8 Å². The molecule has 0 saturated carbocycles. The molecule has 1 aromatic carbocycles. The van der Waals surface area contributed by atoms with Gasteiger partial charge in [0.05, 0.1) is 5.92 Å². The molecule has 3 atom stereocenters. The van der Waals surface area contributed by atoms with Gasteiger partial charge >= 0.3 is 0 Å². The van der Waals surface area contributed by atoms with E-state index in [9.17, 15) is 14.4 Å². The van der Waals surface area contributed by atoms with E-state index in [1.807, 2.05) is 43.3 Å². The lowest BCUT2D eigenvalue weighted by atomic mass is 9.66. The number of benzene rings is 1. The highest BCUT2D eigenvalue weighted by atomic mass is 16.2. The number of allylic oxidation sites excluding steroid dienone is 2. The molecule has 1 aromatic rings. The molecule has 0 aromatic heterocycles. The summed E-state index contributed by atoms with van der Waals surface area (Å²) in [6.07, 6.45) is 1.46. The molecule has 2 rings (SSSR count). The Bertz CT molecular complexity index is 670. The Hall–Kier alpha value is -2.23. The van der Waals surface area contributed by atoms with E-state index in [4.69, 9.17) is 0 Å². The van der Waals surface area contributed by atoms with Crippen molar-refractivity contribution < 1.29 is 14.4 Å². The van der Waals surface area contributed by atoms with E-state index in [0.29, 0.717) is 0 Å². The van der Waals surface area contributed by atoms with Crippen LogP contribution in [0.1, 0.15) is 32.3 Å². The maximum absolute atomic E-state index is 12.4. The molecular weight excluding hydrogens is 290 g/mol. The highest BCUT2D eigenvalue weighted by Crippen LogP contribution is 2.42. The average molecular weight is 313 g/mol. The lowest BCUT2D eigenvalue weighted by molar-refractivity contribution is -0.132. The summed E-state index contributed by atoms with van der Waals surface area (Å²) >= 11 is 0. The fraction of sp³-hybridized carbons (Fsp3) is 0.421. The fourth-order valence-corrected chi connectivity index (χ4v) is 3.46. The number of anilines is 1. The maximum atomic E-state index is 12.4. The zero-order valence-corrected chi connectivity index (χ0v) is 14.3. The molecule has 0 N–H and O–H groups in total. The van der Waals surface area contributed by atoms with Gasteiger partial charge in [0.1, 0.15) is 11.6 Å². The number of hydrogen-bond donors (Lipinski definition) is 0. The van der Waals surface area contributed by atoms with Crippen molar-refractivity contribution in [1.82, 2.24) is 0 Å². The van der Waals surface area contributed by atoms with E-state index in [-0.39, 0.29) is 17.3 Å². The van der Waals surface area contributed by atoms with E-state index >= 15 is 0 Å². The molecule has 0 fully saturated rings. The SMILES string of the molecule is CC(=O)C1C(=O)C=C(C)C(C(C)=O)C1c1ccc(N(C)C)cc1. The summed E-state index contributed by atoms with van der Waals surface area (Å²) in [6.45, 7) is 4.74. The molecule has 0 bridgehead atoms. The Morgan fingerprint density at radius 3 is 1.91 bits per heavy atom. The van der Waals surface area contributed by atoms with E-state index in [2.05, 4.69) is 0 Å². The van der Waals surface area contributed by atoms with Gasteiger partial charge in [-0.05, 0) is 44.5 Å². The minimum Gasteiger partial charge on any atom is -0.378 e. The summed E-state index contributed by atoms with van der Waals surface area (Å²) in [6, 6.07) is 7.72. The minimum absolute atomic E-state index is 0.0146. The molecule has 0 saturated heterocycles. The lowest BCUT2D eigenvalue weighted by Gasteiger charge is -2.34. The van der Waals surface area contributed by atoms with Crippen LogP contribution >= 0.6 is 0 Å². The molecule has 1 aliphatic rings. The molecular formula is C19H23NO3. The Labute approximate surface area is 137 Å². The first-order valence-corrected chi connectivity index (χ1v) is 7.74. The van der Waals surface area contributed by atoms with E-state index in [1.165, 1.54) is 19.9 Å².